The van der Waals surface area contributed by atoms with Crippen LogP contribution < -0.4 is 0 Å². The van der Waals surface area contributed by atoms with Crippen LogP contribution >= 0.6 is 0 Å². The molecule has 1 aliphatic rings. The topological polar surface area (TPSA) is 35.6 Å². The first-order valence-corrected chi connectivity index (χ1v) is 22.5. The Morgan fingerprint density at radius 1 is 0.369 bits per heavy atom. The lowest BCUT2D eigenvalue weighted by molar-refractivity contribution is 0.660. The summed E-state index contributed by atoms with van der Waals surface area (Å²) in [5, 5.41) is 11.0. The van der Waals surface area contributed by atoms with E-state index in [1.54, 1.807) is 0 Å². The van der Waals surface area contributed by atoms with Crippen LogP contribution in [0.2, 0.25) is 0 Å². The second kappa shape index (κ2) is 13.3. The van der Waals surface area contributed by atoms with E-state index in [-0.39, 0.29) is 5.41 Å². The molecular weight excluding hydrogens is 789 g/mol. The van der Waals surface area contributed by atoms with E-state index in [0.29, 0.717) is 5.82 Å². The van der Waals surface area contributed by atoms with E-state index in [1.165, 1.54) is 76.4 Å². The first-order chi connectivity index (χ1) is 32.0. The number of hydrogen-bond donors (Lipinski definition) is 0. The molecule has 4 nitrogen and oxygen atoms in total. The van der Waals surface area contributed by atoms with Gasteiger partial charge in [0.15, 0.2) is 5.82 Å². The summed E-state index contributed by atoms with van der Waals surface area (Å²) in [5.74, 6) is 0.707. The van der Waals surface area contributed by atoms with Gasteiger partial charge < -0.3 is 9.13 Å². The number of nitrogens with zero attached hydrogens (tertiary/aromatic N) is 4. The fourth-order valence-corrected chi connectivity index (χ4v) is 11.2. The molecule has 3 aromatic heterocycles. The molecular formula is C61H40N4. The smallest absolute Gasteiger partial charge is 0.160 e. The molecule has 65 heavy (non-hydrogen) atoms. The highest BCUT2D eigenvalue weighted by Crippen LogP contribution is 2.50. The van der Waals surface area contributed by atoms with Gasteiger partial charge in [-0.3, -0.25) is 0 Å². The molecule has 0 unspecified atom stereocenters. The first kappa shape index (κ1) is 36.2. The summed E-state index contributed by atoms with van der Waals surface area (Å²) in [5.41, 5.74) is 16.1. The van der Waals surface area contributed by atoms with Crippen molar-refractivity contribution in [2.75, 3.05) is 0 Å². The molecule has 13 aromatic rings. The number of benzene rings is 10. The van der Waals surface area contributed by atoms with Gasteiger partial charge in [0.2, 0.25) is 0 Å². The summed E-state index contributed by atoms with van der Waals surface area (Å²) in [6, 6.07) is 75.3. The molecule has 0 saturated heterocycles. The van der Waals surface area contributed by atoms with Crippen LogP contribution in [0.3, 0.4) is 0 Å². The van der Waals surface area contributed by atoms with Crippen LogP contribution in [-0.4, -0.2) is 19.1 Å². The van der Waals surface area contributed by atoms with E-state index in [1.807, 2.05) is 0 Å². The summed E-state index contributed by atoms with van der Waals surface area (Å²) < 4.78 is 4.84. The van der Waals surface area contributed by atoms with Gasteiger partial charge in [-0.1, -0.05) is 153 Å². The van der Waals surface area contributed by atoms with Gasteiger partial charge in [-0.2, -0.15) is 0 Å². The lowest BCUT2D eigenvalue weighted by Crippen LogP contribution is -2.15. The normalized spacial score (nSPS) is 13.2. The quantitative estimate of drug-likeness (QED) is 0.177. The Labute approximate surface area is 375 Å². The van der Waals surface area contributed by atoms with Gasteiger partial charge in [-0.15, -0.1) is 0 Å². The number of para-hydroxylation sites is 3. The van der Waals surface area contributed by atoms with E-state index >= 15 is 0 Å². The lowest BCUT2D eigenvalue weighted by Gasteiger charge is -2.22. The van der Waals surface area contributed by atoms with Crippen molar-refractivity contribution in [1.29, 1.82) is 0 Å². The summed E-state index contributed by atoms with van der Waals surface area (Å²) in [6.07, 6.45) is 0. The highest BCUT2D eigenvalue weighted by molar-refractivity contribution is 6.21. The maximum absolute atomic E-state index is 5.42. The van der Waals surface area contributed by atoms with Crippen molar-refractivity contribution in [1.82, 2.24) is 19.1 Å². The molecule has 0 atom stereocenters. The maximum atomic E-state index is 5.42. The Bertz CT molecular complexity index is 4160. The zero-order valence-electron chi connectivity index (χ0n) is 35.9. The van der Waals surface area contributed by atoms with E-state index in [4.69, 9.17) is 9.97 Å². The average molecular weight is 829 g/mol. The fourth-order valence-electron chi connectivity index (χ4n) is 11.2. The zero-order valence-corrected chi connectivity index (χ0v) is 35.9. The molecule has 304 valence electrons. The van der Waals surface area contributed by atoms with Crippen molar-refractivity contribution in [3.63, 3.8) is 0 Å². The maximum Gasteiger partial charge on any atom is 0.160 e. The Kier molecular flexibility index (Phi) is 7.42. The van der Waals surface area contributed by atoms with Crippen molar-refractivity contribution in [3.8, 4) is 45.1 Å². The average Bonchev–Trinajstić information content (AvgIpc) is 3.95. The highest BCUT2D eigenvalue weighted by Gasteiger charge is 2.35. The number of aromatic nitrogens is 4. The van der Waals surface area contributed by atoms with Gasteiger partial charge in [0, 0.05) is 54.8 Å². The van der Waals surface area contributed by atoms with E-state index in [9.17, 15) is 0 Å². The number of rotatable bonds is 4. The minimum Gasteiger partial charge on any atom is -0.309 e. The van der Waals surface area contributed by atoms with Gasteiger partial charge in [0.25, 0.3) is 0 Å². The molecule has 0 spiro atoms. The predicted molar refractivity (Wildman–Crippen MR) is 272 cm³/mol. The summed E-state index contributed by atoms with van der Waals surface area (Å²) in [6.45, 7) is 4.67. The largest absolute Gasteiger partial charge is 0.309 e. The van der Waals surface area contributed by atoms with Crippen LogP contribution in [0.15, 0.2) is 206 Å². The van der Waals surface area contributed by atoms with Crippen molar-refractivity contribution in [3.05, 3.63) is 217 Å². The lowest BCUT2D eigenvalue weighted by atomic mass is 9.82. The van der Waals surface area contributed by atoms with Crippen LogP contribution in [-0.2, 0) is 5.41 Å². The Morgan fingerprint density at radius 3 is 1.95 bits per heavy atom. The Morgan fingerprint density at radius 2 is 1.06 bits per heavy atom. The molecule has 1 aliphatic carbocycles. The molecule has 4 heteroatoms. The Balaban J connectivity index is 0.933. The first-order valence-electron chi connectivity index (χ1n) is 22.5. The Hall–Kier alpha value is -8.34. The molecule has 0 aliphatic heterocycles. The van der Waals surface area contributed by atoms with Crippen LogP contribution in [0, 0.1) is 0 Å². The zero-order chi connectivity index (χ0) is 43.0. The molecule has 0 fully saturated rings. The fraction of sp³-hybridized carbons (Fsp3) is 0.0492. The van der Waals surface area contributed by atoms with E-state index < -0.39 is 0 Å². The van der Waals surface area contributed by atoms with Gasteiger partial charge in [0.05, 0.1) is 33.3 Å². The van der Waals surface area contributed by atoms with Crippen molar-refractivity contribution < 1.29 is 0 Å². The van der Waals surface area contributed by atoms with E-state index in [0.717, 1.165) is 50.1 Å². The minimum absolute atomic E-state index is 0.114. The molecule has 0 amide bonds. The van der Waals surface area contributed by atoms with Crippen molar-refractivity contribution in [2.45, 2.75) is 19.3 Å². The molecule has 10 aromatic carbocycles. The monoisotopic (exact) mass is 828 g/mol. The molecule has 0 radical (unpaired) electrons. The van der Waals surface area contributed by atoms with Gasteiger partial charge in [0.1, 0.15) is 0 Å². The third kappa shape index (κ3) is 5.19. The molecule has 0 bridgehead atoms. The summed E-state index contributed by atoms with van der Waals surface area (Å²) in [4.78, 5) is 10.6. The molecule has 0 N–H and O–H groups in total. The third-order valence-corrected chi connectivity index (χ3v) is 14.3. The van der Waals surface area contributed by atoms with Gasteiger partial charge in [-0.25, -0.2) is 9.97 Å². The molecule has 0 saturated carbocycles. The second-order valence-electron chi connectivity index (χ2n) is 18.2. The van der Waals surface area contributed by atoms with Gasteiger partial charge in [-0.05, 0) is 111 Å². The highest BCUT2D eigenvalue weighted by atomic mass is 15.0. The molecule has 14 rings (SSSR count). The van der Waals surface area contributed by atoms with Crippen LogP contribution in [0.4, 0.5) is 0 Å². The van der Waals surface area contributed by atoms with Gasteiger partial charge >= 0.3 is 0 Å². The SMILES string of the molecule is CC1(C)c2ccccc2-c2ccc(-c3nc(-c4cccc(-n5c6ccccc6c6cc7ccc(-n8c9ccccc9c9c%10ccccc%10ccc98)cc7cc65)c4)nc4ccccc34)cc21. The molecule has 3 heterocycles. The van der Waals surface area contributed by atoms with Crippen molar-refractivity contribution >= 4 is 76.1 Å². The summed E-state index contributed by atoms with van der Waals surface area (Å²) >= 11 is 0. The third-order valence-electron chi connectivity index (χ3n) is 14.3. The number of hydrogen-bond acceptors (Lipinski definition) is 2. The van der Waals surface area contributed by atoms with Crippen LogP contribution in [0.25, 0.3) is 121 Å². The predicted octanol–water partition coefficient (Wildman–Crippen LogP) is 15.8. The van der Waals surface area contributed by atoms with Crippen LogP contribution in [0.1, 0.15) is 25.0 Å². The number of fused-ring (bicyclic) bond motifs is 13. The standard InChI is InChI=1S/C61H40N4/c1-61(2)51-22-9-5-18-45(51)46-30-27-39(35-52(46)61)59-48-20-6-10-23-53(48)62-60(63-59)40-15-13-16-42(32-40)65-54-24-11-7-19-47(54)50-34-38-26-29-43(33-41(38)36-57(50)65)64-55-25-12-8-21-49(55)58-44-17-4-3-14-37(44)28-31-56(58)64/h3-36H,1-2H3. The second-order valence-corrected chi connectivity index (χ2v) is 18.2. The van der Waals surface area contributed by atoms with Crippen LogP contribution in [0.5, 0.6) is 0 Å². The van der Waals surface area contributed by atoms with Crippen molar-refractivity contribution in [2.24, 2.45) is 0 Å². The van der Waals surface area contributed by atoms with E-state index in [2.05, 4.69) is 229 Å². The summed E-state index contributed by atoms with van der Waals surface area (Å²) in [7, 11) is 0. The minimum atomic E-state index is -0.114.